The zero-order valence-electron chi connectivity index (χ0n) is 11.9. The summed E-state index contributed by atoms with van der Waals surface area (Å²) in [6, 6.07) is 6.37. The molecule has 1 aromatic carbocycles. The summed E-state index contributed by atoms with van der Waals surface area (Å²) in [6.45, 7) is 3.67. The van der Waals surface area contributed by atoms with E-state index in [1.54, 1.807) is 14.2 Å². The van der Waals surface area contributed by atoms with Gasteiger partial charge in [-0.2, -0.15) is 0 Å². The van der Waals surface area contributed by atoms with Crippen molar-refractivity contribution in [3.63, 3.8) is 0 Å². The van der Waals surface area contributed by atoms with E-state index in [9.17, 15) is 0 Å². The molecule has 0 saturated carbocycles. The molecule has 1 fully saturated rings. The van der Waals surface area contributed by atoms with Gasteiger partial charge in [0.1, 0.15) is 0 Å². The molecule has 5 nitrogen and oxygen atoms in total. The average Bonchev–Trinajstić information content (AvgIpc) is 2.46. The molecule has 1 heterocycles. The van der Waals surface area contributed by atoms with Gasteiger partial charge in [-0.25, -0.2) is 0 Å². The summed E-state index contributed by atoms with van der Waals surface area (Å²) in [5.74, 6) is 1.51. The van der Waals surface area contributed by atoms with Crippen LogP contribution in [0.5, 0.6) is 11.5 Å². The molecule has 1 atom stereocenters. The Morgan fingerprint density at radius 1 is 1.21 bits per heavy atom. The first-order valence-corrected chi connectivity index (χ1v) is 6.57. The predicted molar refractivity (Wildman–Crippen MR) is 77.2 cm³/mol. The summed E-state index contributed by atoms with van der Waals surface area (Å²) in [5, 5.41) is 0. The third-order valence-corrected chi connectivity index (χ3v) is 3.66. The lowest BCUT2D eigenvalue weighted by Crippen LogP contribution is -2.55. The Kier molecular flexibility index (Phi) is 4.50. The number of rotatable bonds is 4. The van der Waals surface area contributed by atoms with Crippen LogP contribution in [0.4, 0.5) is 5.69 Å². The van der Waals surface area contributed by atoms with Crippen molar-refractivity contribution < 1.29 is 9.47 Å². The minimum Gasteiger partial charge on any atom is -0.493 e. The molecule has 1 saturated heterocycles. The second-order valence-electron chi connectivity index (χ2n) is 4.88. The van der Waals surface area contributed by atoms with Gasteiger partial charge in [-0.05, 0) is 19.2 Å². The highest BCUT2D eigenvalue weighted by Gasteiger charge is 2.24. The molecule has 5 heteroatoms. The third kappa shape index (κ3) is 2.93. The second kappa shape index (κ2) is 6.12. The fourth-order valence-corrected chi connectivity index (χ4v) is 2.56. The second-order valence-corrected chi connectivity index (χ2v) is 4.88. The van der Waals surface area contributed by atoms with Gasteiger partial charge in [0, 0.05) is 37.9 Å². The van der Waals surface area contributed by atoms with Crippen LogP contribution in [0, 0.1) is 0 Å². The van der Waals surface area contributed by atoms with E-state index in [2.05, 4.69) is 22.9 Å². The Labute approximate surface area is 114 Å². The van der Waals surface area contributed by atoms with Crippen LogP contribution >= 0.6 is 0 Å². The van der Waals surface area contributed by atoms with Gasteiger partial charge in [0.25, 0.3) is 0 Å². The van der Waals surface area contributed by atoms with E-state index in [4.69, 9.17) is 15.2 Å². The number of nitrogens with two attached hydrogens (primary N) is 1. The maximum Gasteiger partial charge on any atom is 0.162 e. The maximum absolute atomic E-state index is 5.90. The standard InChI is InChI=1S/C14H23N3O2/c1-16-6-7-17(12(9-15)10-16)11-4-5-13(18-2)14(8-11)19-3/h4-5,8,12H,6-7,9-10,15H2,1-3H3. The number of nitrogens with zero attached hydrogens (tertiary/aromatic N) is 2. The summed E-state index contributed by atoms with van der Waals surface area (Å²) in [7, 11) is 5.44. The monoisotopic (exact) mass is 265 g/mol. The lowest BCUT2D eigenvalue weighted by atomic mass is 10.1. The number of ether oxygens (including phenoxy) is 2. The van der Waals surface area contributed by atoms with Crippen LogP contribution in [0.25, 0.3) is 0 Å². The molecule has 2 N–H and O–H groups in total. The number of hydrogen-bond donors (Lipinski definition) is 1. The van der Waals surface area contributed by atoms with Gasteiger partial charge < -0.3 is 25.0 Å². The molecule has 19 heavy (non-hydrogen) atoms. The highest BCUT2D eigenvalue weighted by Crippen LogP contribution is 2.32. The summed E-state index contributed by atoms with van der Waals surface area (Å²) in [5.41, 5.74) is 7.04. The molecule has 0 aliphatic carbocycles. The normalized spacial score (nSPS) is 20.4. The largest absolute Gasteiger partial charge is 0.493 e. The minimum absolute atomic E-state index is 0.344. The van der Waals surface area contributed by atoms with Gasteiger partial charge in [-0.15, -0.1) is 0 Å². The van der Waals surface area contributed by atoms with E-state index in [0.717, 1.165) is 36.8 Å². The fraction of sp³-hybridized carbons (Fsp3) is 0.571. The molecule has 1 aromatic rings. The lowest BCUT2D eigenvalue weighted by molar-refractivity contribution is 0.269. The summed E-state index contributed by atoms with van der Waals surface area (Å²) in [6.07, 6.45) is 0. The molecule has 1 aliphatic rings. The smallest absolute Gasteiger partial charge is 0.162 e. The number of anilines is 1. The summed E-state index contributed by atoms with van der Waals surface area (Å²) >= 11 is 0. The average molecular weight is 265 g/mol. The van der Waals surface area contributed by atoms with Gasteiger partial charge in [-0.1, -0.05) is 0 Å². The number of methoxy groups -OCH3 is 2. The first-order chi connectivity index (χ1) is 9.19. The van der Waals surface area contributed by atoms with Gasteiger partial charge in [0.05, 0.1) is 20.3 Å². The van der Waals surface area contributed by atoms with Gasteiger partial charge in [-0.3, -0.25) is 0 Å². The van der Waals surface area contributed by atoms with Crippen LogP contribution in [-0.4, -0.2) is 58.4 Å². The molecule has 0 aromatic heterocycles. The van der Waals surface area contributed by atoms with Gasteiger partial charge in [0.2, 0.25) is 0 Å². The molecule has 0 amide bonds. The molecular weight excluding hydrogens is 242 g/mol. The van der Waals surface area contributed by atoms with E-state index in [1.807, 2.05) is 12.1 Å². The molecule has 0 spiro atoms. The highest BCUT2D eigenvalue weighted by molar-refractivity contribution is 5.57. The molecule has 0 radical (unpaired) electrons. The van der Waals surface area contributed by atoms with Crippen LogP contribution in [0.2, 0.25) is 0 Å². The van der Waals surface area contributed by atoms with E-state index in [-0.39, 0.29) is 0 Å². The molecule has 0 bridgehead atoms. The first-order valence-electron chi connectivity index (χ1n) is 6.57. The number of likely N-dealkylation sites (N-methyl/N-ethyl adjacent to an activating group) is 1. The predicted octanol–water partition coefficient (Wildman–Crippen LogP) is 0.783. The first kappa shape index (κ1) is 14.0. The zero-order chi connectivity index (χ0) is 13.8. The van der Waals surface area contributed by atoms with Crippen LogP contribution < -0.4 is 20.1 Å². The van der Waals surface area contributed by atoms with Crippen LogP contribution in [0.1, 0.15) is 0 Å². The Hall–Kier alpha value is -1.46. The molecular formula is C14H23N3O2. The van der Waals surface area contributed by atoms with Crippen molar-refractivity contribution in [3.8, 4) is 11.5 Å². The van der Waals surface area contributed by atoms with Crippen molar-refractivity contribution in [2.24, 2.45) is 5.73 Å². The van der Waals surface area contributed by atoms with Crippen molar-refractivity contribution >= 4 is 5.69 Å². The Morgan fingerprint density at radius 2 is 1.95 bits per heavy atom. The molecule has 1 aliphatic heterocycles. The van der Waals surface area contributed by atoms with Gasteiger partial charge in [0.15, 0.2) is 11.5 Å². The van der Waals surface area contributed by atoms with Crippen molar-refractivity contribution in [3.05, 3.63) is 18.2 Å². The molecule has 2 rings (SSSR count). The number of hydrogen-bond acceptors (Lipinski definition) is 5. The maximum atomic E-state index is 5.90. The van der Waals surface area contributed by atoms with Crippen molar-refractivity contribution in [2.45, 2.75) is 6.04 Å². The number of piperazine rings is 1. The zero-order valence-corrected chi connectivity index (χ0v) is 11.9. The molecule has 106 valence electrons. The Morgan fingerprint density at radius 3 is 2.58 bits per heavy atom. The lowest BCUT2D eigenvalue weighted by Gasteiger charge is -2.41. The van der Waals surface area contributed by atoms with Gasteiger partial charge >= 0.3 is 0 Å². The SMILES string of the molecule is COc1ccc(N2CCN(C)CC2CN)cc1OC. The Balaban J connectivity index is 2.25. The third-order valence-electron chi connectivity index (χ3n) is 3.66. The Bertz CT molecular complexity index is 425. The quantitative estimate of drug-likeness (QED) is 0.872. The van der Waals surface area contributed by atoms with E-state index < -0.39 is 0 Å². The number of benzene rings is 1. The van der Waals surface area contributed by atoms with Crippen molar-refractivity contribution in [1.82, 2.24) is 4.90 Å². The van der Waals surface area contributed by atoms with Crippen LogP contribution in [-0.2, 0) is 0 Å². The van der Waals surface area contributed by atoms with E-state index in [0.29, 0.717) is 12.6 Å². The molecule has 1 unspecified atom stereocenters. The van der Waals surface area contributed by atoms with Crippen molar-refractivity contribution in [2.75, 3.05) is 52.3 Å². The minimum atomic E-state index is 0.344. The van der Waals surface area contributed by atoms with Crippen LogP contribution in [0.15, 0.2) is 18.2 Å². The fourth-order valence-electron chi connectivity index (χ4n) is 2.56. The highest BCUT2D eigenvalue weighted by atomic mass is 16.5. The summed E-state index contributed by atoms with van der Waals surface area (Å²) in [4.78, 5) is 4.66. The summed E-state index contributed by atoms with van der Waals surface area (Å²) < 4.78 is 10.6. The topological polar surface area (TPSA) is 51.0 Å². The van der Waals surface area contributed by atoms with Crippen LogP contribution in [0.3, 0.4) is 0 Å². The van der Waals surface area contributed by atoms with E-state index in [1.165, 1.54) is 0 Å². The van der Waals surface area contributed by atoms with E-state index >= 15 is 0 Å². The van der Waals surface area contributed by atoms with Crippen molar-refractivity contribution in [1.29, 1.82) is 0 Å².